The Hall–Kier alpha value is -3.08. The average molecular weight is 417 g/mol. The average Bonchev–Trinajstić information content (AvgIpc) is 2.83. The summed E-state index contributed by atoms with van der Waals surface area (Å²) in [5.41, 5.74) is 17.2. The third kappa shape index (κ3) is 6.45. The highest BCUT2D eigenvalue weighted by molar-refractivity contribution is 5.47. The van der Waals surface area contributed by atoms with E-state index in [2.05, 4.69) is 30.8 Å². The fraction of sp³-hybridized carbons (Fsp3) is 0.259. The first-order valence-electron chi connectivity index (χ1n) is 10.7. The molecule has 0 spiro atoms. The normalized spacial score (nSPS) is 12.7. The van der Waals surface area contributed by atoms with Gasteiger partial charge >= 0.3 is 0 Å². The molecule has 0 amide bonds. The van der Waals surface area contributed by atoms with Gasteiger partial charge < -0.3 is 20.9 Å². The minimum Gasteiger partial charge on any atom is -0.497 e. The van der Waals surface area contributed by atoms with E-state index >= 15 is 0 Å². The molecular formula is C27H32N2O2. The summed E-state index contributed by atoms with van der Waals surface area (Å²) in [4.78, 5) is 0. The highest BCUT2D eigenvalue weighted by Gasteiger charge is 2.17. The highest BCUT2D eigenvalue weighted by Crippen LogP contribution is 2.27. The monoisotopic (exact) mass is 416 g/mol. The summed E-state index contributed by atoms with van der Waals surface area (Å²) >= 11 is 0. The van der Waals surface area contributed by atoms with Gasteiger partial charge in [-0.15, -0.1) is 0 Å². The van der Waals surface area contributed by atoms with Crippen molar-refractivity contribution in [3.05, 3.63) is 102 Å². The van der Waals surface area contributed by atoms with Crippen LogP contribution in [0.15, 0.2) is 79.4 Å². The lowest BCUT2D eigenvalue weighted by Crippen LogP contribution is -2.26. The first kappa shape index (κ1) is 22.6. The lowest BCUT2D eigenvalue weighted by atomic mass is 9.95. The smallest absolute Gasteiger partial charge is 0.119 e. The molecule has 0 bridgehead atoms. The van der Waals surface area contributed by atoms with Crippen LogP contribution in [0.4, 0.5) is 0 Å². The van der Waals surface area contributed by atoms with Gasteiger partial charge in [0.05, 0.1) is 13.7 Å². The van der Waals surface area contributed by atoms with E-state index in [1.807, 2.05) is 54.6 Å². The summed E-state index contributed by atoms with van der Waals surface area (Å²) in [6.07, 6.45) is 5.01. The maximum Gasteiger partial charge on any atom is 0.119 e. The molecule has 0 unspecified atom stereocenters. The molecule has 4 nitrogen and oxygen atoms in total. The van der Waals surface area contributed by atoms with Gasteiger partial charge in [0, 0.05) is 12.1 Å². The van der Waals surface area contributed by atoms with Crippen LogP contribution in [0.5, 0.6) is 11.5 Å². The Morgan fingerprint density at radius 2 is 1.32 bits per heavy atom. The number of aryl methyl sites for hydroxylation is 1. The summed E-state index contributed by atoms with van der Waals surface area (Å²) in [7, 11) is 1.65. The van der Waals surface area contributed by atoms with Gasteiger partial charge in [-0.2, -0.15) is 0 Å². The number of benzene rings is 3. The molecule has 0 aliphatic carbocycles. The standard InChI is InChI=1S/C27H32N2O2/c1-3-20-7-9-21(10-8-20)6-4-5-19-31-25-17-13-23(14-18-25)27(29)26(28)22-11-15-24(30-2)16-12-22/h3,7-18,26-27H,1,4-6,19,28-29H2,2H3/t26-,27-/m0/s1. The van der Waals surface area contributed by atoms with Gasteiger partial charge in [-0.1, -0.05) is 61.2 Å². The topological polar surface area (TPSA) is 70.5 Å². The molecule has 4 N–H and O–H groups in total. The van der Waals surface area contributed by atoms with Gasteiger partial charge in [0.25, 0.3) is 0 Å². The van der Waals surface area contributed by atoms with Gasteiger partial charge in [-0.25, -0.2) is 0 Å². The van der Waals surface area contributed by atoms with E-state index in [1.165, 1.54) is 5.56 Å². The lowest BCUT2D eigenvalue weighted by Gasteiger charge is -2.21. The second-order valence-corrected chi connectivity index (χ2v) is 7.65. The van der Waals surface area contributed by atoms with E-state index in [4.69, 9.17) is 20.9 Å². The van der Waals surface area contributed by atoms with Gasteiger partial charge in [0.2, 0.25) is 0 Å². The molecule has 3 rings (SSSR count). The molecule has 31 heavy (non-hydrogen) atoms. The zero-order chi connectivity index (χ0) is 22.1. The van der Waals surface area contributed by atoms with Crippen LogP contribution >= 0.6 is 0 Å². The quantitative estimate of drug-likeness (QED) is 0.408. The molecule has 0 heterocycles. The van der Waals surface area contributed by atoms with E-state index < -0.39 is 0 Å². The second kappa shape index (κ2) is 11.3. The van der Waals surface area contributed by atoms with Crippen molar-refractivity contribution in [2.75, 3.05) is 13.7 Å². The number of hydrogen-bond acceptors (Lipinski definition) is 4. The summed E-state index contributed by atoms with van der Waals surface area (Å²) < 4.78 is 11.1. The number of hydrogen-bond donors (Lipinski definition) is 2. The fourth-order valence-corrected chi connectivity index (χ4v) is 3.47. The third-order valence-corrected chi connectivity index (χ3v) is 5.50. The molecule has 0 saturated carbocycles. The Bertz CT molecular complexity index is 934. The Balaban J connectivity index is 1.43. The van der Waals surface area contributed by atoms with Crippen molar-refractivity contribution in [2.45, 2.75) is 31.3 Å². The zero-order valence-electron chi connectivity index (χ0n) is 18.2. The van der Waals surface area contributed by atoms with E-state index in [1.54, 1.807) is 7.11 Å². The van der Waals surface area contributed by atoms with Gasteiger partial charge in [-0.05, 0) is 65.8 Å². The van der Waals surface area contributed by atoms with Crippen LogP contribution in [0.3, 0.4) is 0 Å². The van der Waals surface area contributed by atoms with Crippen LogP contribution < -0.4 is 20.9 Å². The van der Waals surface area contributed by atoms with E-state index in [0.717, 1.165) is 47.5 Å². The third-order valence-electron chi connectivity index (χ3n) is 5.50. The Morgan fingerprint density at radius 3 is 1.84 bits per heavy atom. The second-order valence-electron chi connectivity index (χ2n) is 7.65. The van der Waals surface area contributed by atoms with Crippen LogP contribution in [0.1, 0.15) is 47.2 Å². The first-order chi connectivity index (χ1) is 15.1. The van der Waals surface area contributed by atoms with Gasteiger partial charge in [0.1, 0.15) is 11.5 Å². The Morgan fingerprint density at radius 1 is 0.774 bits per heavy atom. The van der Waals surface area contributed by atoms with Crippen molar-refractivity contribution in [2.24, 2.45) is 11.5 Å². The molecule has 0 radical (unpaired) electrons. The van der Waals surface area contributed by atoms with Crippen LogP contribution in [0.25, 0.3) is 6.08 Å². The molecule has 0 aromatic heterocycles. The van der Waals surface area contributed by atoms with E-state index in [9.17, 15) is 0 Å². The molecule has 0 aliphatic rings. The number of nitrogens with two attached hydrogens (primary N) is 2. The van der Waals surface area contributed by atoms with Crippen molar-refractivity contribution < 1.29 is 9.47 Å². The van der Waals surface area contributed by atoms with E-state index in [-0.39, 0.29) is 12.1 Å². The molecule has 162 valence electrons. The van der Waals surface area contributed by atoms with Gasteiger partial charge in [-0.3, -0.25) is 0 Å². The highest BCUT2D eigenvalue weighted by atomic mass is 16.5. The van der Waals surface area contributed by atoms with E-state index in [0.29, 0.717) is 6.61 Å². The minimum atomic E-state index is -0.296. The Kier molecular flexibility index (Phi) is 8.27. The van der Waals surface area contributed by atoms with Crippen molar-refractivity contribution in [1.82, 2.24) is 0 Å². The largest absolute Gasteiger partial charge is 0.497 e. The molecular weight excluding hydrogens is 384 g/mol. The fourth-order valence-electron chi connectivity index (χ4n) is 3.47. The molecule has 0 saturated heterocycles. The van der Waals surface area contributed by atoms with Crippen molar-refractivity contribution in [3.8, 4) is 11.5 Å². The summed E-state index contributed by atoms with van der Waals surface area (Å²) in [5, 5.41) is 0. The minimum absolute atomic E-state index is 0.293. The molecule has 0 fully saturated rings. The summed E-state index contributed by atoms with van der Waals surface area (Å²) in [6.45, 7) is 4.48. The lowest BCUT2D eigenvalue weighted by molar-refractivity contribution is 0.307. The molecule has 3 aromatic rings. The maximum absolute atomic E-state index is 6.40. The zero-order valence-corrected chi connectivity index (χ0v) is 18.2. The number of methoxy groups -OCH3 is 1. The molecule has 4 heteroatoms. The van der Waals surface area contributed by atoms with Crippen molar-refractivity contribution >= 4 is 6.08 Å². The SMILES string of the molecule is C=Cc1ccc(CCCCOc2ccc([C@H](N)[C@@H](N)c3ccc(OC)cc3)cc2)cc1. The van der Waals surface area contributed by atoms with Crippen LogP contribution in [0.2, 0.25) is 0 Å². The maximum atomic E-state index is 6.40. The summed E-state index contributed by atoms with van der Waals surface area (Å²) in [5.74, 6) is 1.65. The summed E-state index contributed by atoms with van der Waals surface area (Å²) in [6, 6.07) is 23.6. The van der Waals surface area contributed by atoms with Crippen molar-refractivity contribution in [1.29, 1.82) is 0 Å². The van der Waals surface area contributed by atoms with Crippen LogP contribution in [-0.4, -0.2) is 13.7 Å². The first-order valence-corrected chi connectivity index (χ1v) is 10.7. The molecule has 0 aliphatic heterocycles. The van der Waals surface area contributed by atoms with Crippen molar-refractivity contribution in [3.63, 3.8) is 0 Å². The number of unbranched alkanes of at least 4 members (excludes halogenated alkanes) is 1. The molecule has 2 atom stereocenters. The Labute approximate surface area is 185 Å². The predicted molar refractivity (Wildman–Crippen MR) is 128 cm³/mol. The predicted octanol–water partition coefficient (Wildman–Crippen LogP) is 5.44. The number of rotatable bonds is 11. The number of ether oxygens (including phenoxy) is 2. The van der Waals surface area contributed by atoms with Crippen LogP contribution in [0, 0.1) is 0 Å². The molecule has 3 aromatic carbocycles. The van der Waals surface area contributed by atoms with Gasteiger partial charge in [0.15, 0.2) is 0 Å². The van der Waals surface area contributed by atoms with Crippen LogP contribution in [-0.2, 0) is 6.42 Å².